The number of aliphatic carboxylic acids is 1. The SMILES string of the molecule is COC(CNC(=O)COc1ccc(Cl)cc1C)C(=O)O. The van der Waals surface area contributed by atoms with E-state index in [0.29, 0.717) is 10.8 Å². The zero-order chi connectivity index (χ0) is 15.1. The highest BCUT2D eigenvalue weighted by Gasteiger charge is 2.17. The molecule has 0 radical (unpaired) electrons. The second-order valence-corrected chi connectivity index (χ2v) is 4.50. The molecule has 2 N–H and O–H groups in total. The van der Waals surface area contributed by atoms with Crippen LogP contribution in [0.1, 0.15) is 5.56 Å². The Balaban J connectivity index is 2.41. The molecule has 1 rings (SSSR count). The van der Waals surface area contributed by atoms with Crippen LogP contribution in [0.25, 0.3) is 0 Å². The normalized spacial score (nSPS) is 11.8. The largest absolute Gasteiger partial charge is 0.484 e. The highest BCUT2D eigenvalue weighted by Crippen LogP contribution is 2.21. The molecule has 0 saturated carbocycles. The smallest absolute Gasteiger partial charge is 0.334 e. The maximum atomic E-state index is 11.5. The summed E-state index contributed by atoms with van der Waals surface area (Å²) >= 11 is 5.81. The lowest BCUT2D eigenvalue weighted by atomic mass is 10.2. The molecule has 0 heterocycles. The Kier molecular flexibility index (Phi) is 6.27. The summed E-state index contributed by atoms with van der Waals surface area (Å²) in [6, 6.07) is 5.05. The van der Waals surface area contributed by atoms with Crippen LogP contribution in [0.15, 0.2) is 18.2 Å². The standard InChI is InChI=1S/C13H16ClNO5/c1-8-5-9(14)3-4-10(8)20-7-12(16)15-6-11(19-2)13(17)18/h3-5,11H,6-7H2,1-2H3,(H,15,16)(H,17,18). The molecule has 6 nitrogen and oxygen atoms in total. The van der Waals surface area contributed by atoms with Gasteiger partial charge in [0, 0.05) is 12.1 Å². The molecule has 0 saturated heterocycles. The van der Waals surface area contributed by atoms with Crippen LogP contribution in [0.2, 0.25) is 5.02 Å². The predicted molar refractivity (Wildman–Crippen MR) is 73.1 cm³/mol. The molecular formula is C13H16ClNO5. The first-order valence-electron chi connectivity index (χ1n) is 5.85. The summed E-state index contributed by atoms with van der Waals surface area (Å²) in [5.41, 5.74) is 0.811. The Bertz CT molecular complexity index is 492. The second kappa shape index (κ2) is 7.72. The van der Waals surface area contributed by atoms with Crippen molar-refractivity contribution in [3.63, 3.8) is 0 Å². The number of halogens is 1. The molecule has 1 atom stereocenters. The summed E-state index contributed by atoms with van der Waals surface area (Å²) in [6.45, 7) is 1.48. The van der Waals surface area contributed by atoms with E-state index in [1.165, 1.54) is 7.11 Å². The van der Waals surface area contributed by atoms with E-state index in [1.807, 2.05) is 6.92 Å². The van der Waals surface area contributed by atoms with E-state index in [0.717, 1.165) is 5.56 Å². The van der Waals surface area contributed by atoms with E-state index in [4.69, 9.17) is 21.4 Å². The van der Waals surface area contributed by atoms with Crippen LogP contribution >= 0.6 is 11.6 Å². The number of carbonyl (C=O) groups is 2. The van der Waals surface area contributed by atoms with Gasteiger partial charge in [-0.15, -0.1) is 0 Å². The van der Waals surface area contributed by atoms with Crippen LogP contribution in [0, 0.1) is 6.92 Å². The number of nitrogens with one attached hydrogen (secondary N) is 1. The van der Waals surface area contributed by atoms with Crippen molar-refractivity contribution in [2.24, 2.45) is 0 Å². The lowest BCUT2D eigenvalue weighted by Crippen LogP contribution is -2.39. The second-order valence-electron chi connectivity index (χ2n) is 4.07. The van der Waals surface area contributed by atoms with Crippen LogP contribution in [-0.2, 0) is 14.3 Å². The third kappa shape index (κ3) is 5.07. The molecule has 110 valence electrons. The summed E-state index contributed by atoms with van der Waals surface area (Å²) < 4.78 is 10.0. The molecule has 0 spiro atoms. The number of benzene rings is 1. The highest BCUT2D eigenvalue weighted by molar-refractivity contribution is 6.30. The number of rotatable bonds is 7. The van der Waals surface area contributed by atoms with Crippen LogP contribution in [0.3, 0.4) is 0 Å². The average Bonchev–Trinajstić information content (AvgIpc) is 2.38. The van der Waals surface area contributed by atoms with Gasteiger partial charge in [-0.2, -0.15) is 0 Å². The number of hydrogen-bond donors (Lipinski definition) is 2. The average molecular weight is 302 g/mol. The fraction of sp³-hybridized carbons (Fsp3) is 0.385. The van der Waals surface area contributed by atoms with E-state index in [-0.39, 0.29) is 13.2 Å². The van der Waals surface area contributed by atoms with E-state index >= 15 is 0 Å². The van der Waals surface area contributed by atoms with Gasteiger partial charge in [0.1, 0.15) is 5.75 Å². The first-order chi connectivity index (χ1) is 9.43. The Morgan fingerprint density at radius 1 is 1.45 bits per heavy atom. The fourth-order valence-corrected chi connectivity index (χ4v) is 1.67. The van der Waals surface area contributed by atoms with Gasteiger partial charge in [0.15, 0.2) is 12.7 Å². The zero-order valence-corrected chi connectivity index (χ0v) is 11.9. The number of ether oxygens (including phenoxy) is 2. The van der Waals surface area contributed by atoms with Gasteiger partial charge < -0.3 is 19.9 Å². The number of hydrogen-bond acceptors (Lipinski definition) is 4. The Morgan fingerprint density at radius 3 is 2.70 bits per heavy atom. The summed E-state index contributed by atoms with van der Waals surface area (Å²) in [5.74, 6) is -1.02. The van der Waals surface area contributed by atoms with Gasteiger partial charge in [-0.25, -0.2) is 4.79 Å². The lowest BCUT2D eigenvalue weighted by Gasteiger charge is -2.12. The summed E-state index contributed by atoms with van der Waals surface area (Å²) in [5, 5.41) is 11.7. The minimum atomic E-state index is -1.14. The highest BCUT2D eigenvalue weighted by atomic mass is 35.5. The van der Waals surface area contributed by atoms with E-state index < -0.39 is 18.0 Å². The fourth-order valence-electron chi connectivity index (χ4n) is 1.45. The molecule has 1 aromatic rings. The molecule has 0 bridgehead atoms. The molecule has 1 amide bonds. The molecule has 0 aliphatic heterocycles. The van der Waals surface area contributed by atoms with Gasteiger partial charge in [-0.05, 0) is 30.7 Å². The van der Waals surface area contributed by atoms with E-state index in [1.54, 1.807) is 18.2 Å². The Hall–Kier alpha value is -1.79. The minimum Gasteiger partial charge on any atom is -0.484 e. The van der Waals surface area contributed by atoms with Gasteiger partial charge in [0.25, 0.3) is 5.91 Å². The van der Waals surface area contributed by atoms with Gasteiger partial charge in [0.05, 0.1) is 6.54 Å². The quantitative estimate of drug-likeness (QED) is 0.791. The first-order valence-corrected chi connectivity index (χ1v) is 6.23. The van der Waals surface area contributed by atoms with Crippen LogP contribution in [-0.4, -0.2) is 43.3 Å². The van der Waals surface area contributed by atoms with Crippen molar-refractivity contribution in [3.05, 3.63) is 28.8 Å². The first kappa shape index (κ1) is 16.3. The van der Waals surface area contributed by atoms with Crippen molar-refractivity contribution in [3.8, 4) is 5.75 Å². The van der Waals surface area contributed by atoms with Crippen molar-refractivity contribution < 1.29 is 24.2 Å². The number of carboxylic acid groups (broad SMARTS) is 1. The van der Waals surface area contributed by atoms with Gasteiger partial charge in [-0.3, -0.25) is 4.79 Å². The number of carbonyl (C=O) groups excluding carboxylic acids is 1. The Morgan fingerprint density at radius 2 is 2.15 bits per heavy atom. The zero-order valence-electron chi connectivity index (χ0n) is 11.2. The van der Waals surface area contributed by atoms with Gasteiger partial charge in [0.2, 0.25) is 0 Å². The molecule has 0 aliphatic carbocycles. The topological polar surface area (TPSA) is 84.9 Å². The minimum absolute atomic E-state index is 0.117. The summed E-state index contributed by atoms with van der Waals surface area (Å²) in [7, 11) is 1.26. The molecule has 1 unspecified atom stereocenters. The number of carboxylic acids is 1. The van der Waals surface area contributed by atoms with Crippen LogP contribution < -0.4 is 10.1 Å². The number of aryl methyl sites for hydroxylation is 1. The molecule has 1 aromatic carbocycles. The molecule has 0 fully saturated rings. The molecular weight excluding hydrogens is 286 g/mol. The maximum absolute atomic E-state index is 11.5. The van der Waals surface area contributed by atoms with E-state index in [2.05, 4.69) is 10.1 Å². The summed E-state index contributed by atoms with van der Waals surface area (Å²) in [6.07, 6.45) is -1.07. The Labute approximate surface area is 121 Å². The number of amides is 1. The maximum Gasteiger partial charge on any atom is 0.334 e. The van der Waals surface area contributed by atoms with Crippen molar-refractivity contribution >= 4 is 23.5 Å². The van der Waals surface area contributed by atoms with Crippen molar-refractivity contribution in [2.75, 3.05) is 20.3 Å². The molecule has 0 aromatic heterocycles. The van der Waals surface area contributed by atoms with Crippen molar-refractivity contribution in [1.29, 1.82) is 0 Å². The van der Waals surface area contributed by atoms with Crippen LogP contribution in [0.5, 0.6) is 5.75 Å². The third-order valence-corrected chi connectivity index (χ3v) is 2.78. The third-order valence-electron chi connectivity index (χ3n) is 2.54. The van der Waals surface area contributed by atoms with Gasteiger partial charge >= 0.3 is 5.97 Å². The molecule has 0 aliphatic rings. The van der Waals surface area contributed by atoms with Gasteiger partial charge in [-0.1, -0.05) is 11.6 Å². The molecule has 7 heteroatoms. The number of methoxy groups -OCH3 is 1. The van der Waals surface area contributed by atoms with Crippen molar-refractivity contribution in [1.82, 2.24) is 5.32 Å². The molecule has 20 heavy (non-hydrogen) atoms. The lowest BCUT2D eigenvalue weighted by molar-refractivity contribution is -0.148. The monoisotopic (exact) mass is 301 g/mol. The van der Waals surface area contributed by atoms with Crippen molar-refractivity contribution in [2.45, 2.75) is 13.0 Å². The predicted octanol–water partition coefficient (Wildman–Crippen LogP) is 1.24. The summed E-state index contributed by atoms with van der Waals surface area (Å²) in [4.78, 5) is 22.2. The van der Waals surface area contributed by atoms with Crippen LogP contribution in [0.4, 0.5) is 0 Å². The van der Waals surface area contributed by atoms with E-state index in [9.17, 15) is 9.59 Å².